The summed E-state index contributed by atoms with van der Waals surface area (Å²) in [5, 5.41) is 3.66. The molecule has 0 spiro atoms. The molecule has 112 valence electrons. The summed E-state index contributed by atoms with van der Waals surface area (Å²) in [6.45, 7) is 6.76. The zero-order valence-electron chi connectivity index (χ0n) is 13.4. The van der Waals surface area contributed by atoms with Crippen LogP contribution in [-0.4, -0.2) is 19.6 Å². The van der Waals surface area contributed by atoms with Gasteiger partial charge in [0.05, 0.1) is 0 Å². The fourth-order valence-electron chi connectivity index (χ4n) is 3.00. The molecule has 20 heavy (non-hydrogen) atoms. The van der Waals surface area contributed by atoms with E-state index in [1.54, 1.807) is 0 Å². The molecule has 1 heterocycles. The summed E-state index contributed by atoms with van der Waals surface area (Å²) < 4.78 is 0. The Morgan fingerprint density at radius 2 is 2.10 bits per heavy atom. The number of likely N-dealkylation sites (N-methyl/N-ethyl adjacent to an activating group) is 1. The Balaban J connectivity index is 1.74. The first-order chi connectivity index (χ1) is 9.70. The van der Waals surface area contributed by atoms with Crippen LogP contribution in [0.5, 0.6) is 0 Å². The molecule has 2 nitrogen and oxygen atoms in total. The van der Waals surface area contributed by atoms with Gasteiger partial charge in [0.1, 0.15) is 0 Å². The molecule has 0 amide bonds. The fourth-order valence-corrected chi connectivity index (χ4v) is 3.00. The first-order valence-electron chi connectivity index (χ1n) is 8.27. The first kappa shape index (κ1) is 15.4. The van der Waals surface area contributed by atoms with Crippen molar-refractivity contribution >= 4 is 5.69 Å². The molecule has 0 saturated heterocycles. The van der Waals surface area contributed by atoms with Gasteiger partial charge in [-0.1, -0.05) is 44.7 Å². The Hall–Kier alpha value is -1.02. The molecule has 1 unspecified atom stereocenters. The number of anilines is 1. The molecule has 1 aliphatic rings. The van der Waals surface area contributed by atoms with Gasteiger partial charge in [0.2, 0.25) is 0 Å². The quantitative estimate of drug-likeness (QED) is 0.717. The Morgan fingerprint density at radius 1 is 1.25 bits per heavy atom. The number of nitrogens with zero attached hydrogens (tertiary/aromatic N) is 1. The fraction of sp³-hybridized carbons (Fsp3) is 0.667. The number of rotatable bonds is 8. The zero-order chi connectivity index (χ0) is 14.4. The molecule has 2 heteroatoms. The minimum Gasteiger partial charge on any atom is -0.374 e. The van der Waals surface area contributed by atoms with Gasteiger partial charge >= 0.3 is 0 Å². The predicted molar refractivity (Wildman–Crippen MR) is 88.5 cm³/mol. The minimum absolute atomic E-state index is 0.628. The van der Waals surface area contributed by atoms with Crippen molar-refractivity contribution in [1.82, 2.24) is 5.32 Å². The molecule has 0 saturated carbocycles. The number of unbranched alkanes of at least 4 members (excludes halogenated alkanes) is 3. The summed E-state index contributed by atoms with van der Waals surface area (Å²) in [5.74, 6) is 0. The van der Waals surface area contributed by atoms with Crippen LogP contribution in [0.1, 0.15) is 57.1 Å². The third kappa shape index (κ3) is 4.24. The topological polar surface area (TPSA) is 15.3 Å². The van der Waals surface area contributed by atoms with E-state index in [4.69, 9.17) is 0 Å². The SMILES string of the molecule is CCCCCCC(C)NCc1ccc2c(c1)CCN2C. The summed E-state index contributed by atoms with van der Waals surface area (Å²) in [6.07, 6.45) is 7.95. The average molecular weight is 274 g/mol. The Morgan fingerprint density at radius 3 is 2.90 bits per heavy atom. The highest BCUT2D eigenvalue weighted by Crippen LogP contribution is 2.27. The van der Waals surface area contributed by atoms with Crippen LogP contribution in [0.2, 0.25) is 0 Å². The highest BCUT2D eigenvalue weighted by molar-refractivity contribution is 5.58. The third-order valence-corrected chi connectivity index (χ3v) is 4.42. The number of benzene rings is 1. The van der Waals surface area contributed by atoms with Crippen molar-refractivity contribution in [3.63, 3.8) is 0 Å². The Kier molecular flexibility index (Phi) is 5.90. The van der Waals surface area contributed by atoms with E-state index in [-0.39, 0.29) is 0 Å². The van der Waals surface area contributed by atoms with Crippen molar-refractivity contribution in [2.24, 2.45) is 0 Å². The van der Waals surface area contributed by atoms with E-state index in [9.17, 15) is 0 Å². The van der Waals surface area contributed by atoms with Crippen LogP contribution >= 0.6 is 0 Å². The third-order valence-electron chi connectivity index (χ3n) is 4.42. The molecule has 0 fully saturated rings. The van der Waals surface area contributed by atoms with E-state index in [0.717, 1.165) is 6.54 Å². The maximum absolute atomic E-state index is 3.66. The lowest BCUT2D eigenvalue weighted by atomic mass is 10.1. The number of hydrogen-bond acceptors (Lipinski definition) is 2. The summed E-state index contributed by atoms with van der Waals surface area (Å²) in [6, 6.07) is 7.57. The van der Waals surface area contributed by atoms with Crippen molar-refractivity contribution in [2.45, 2.75) is 65.0 Å². The van der Waals surface area contributed by atoms with Crippen molar-refractivity contribution in [2.75, 3.05) is 18.5 Å². The molecular formula is C18H30N2. The number of fused-ring (bicyclic) bond motifs is 1. The van der Waals surface area contributed by atoms with E-state index in [0.29, 0.717) is 6.04 Å². The van der Waals surface area contributed by atoms with E-state index < -0.39 is 0 Å². The Labute approximate surface area is 124 Å². The standard InChI is InChI=1S/C18H30N2/c1-4-5-6-7-8-15(2)19-14-16-9-10-18-17(13-16)11-12-20(18)3/h9-10,13,15,19H,4-8,11-12,14H2,1-3H3. The van der Waals surface area contributed by atoms with Crippen molar-refractivity contribution in [3.8, 4) is 0 Å². The van der Waals surface area contributed by atoms with E-state index in [1.807, 2.05) is 0 Å². The van der Waals surface area contributed by atoms with E-state index >= 15 is 0 Å². The van der Waals surface area contributed by atoms with Crippen LogP contribution in [0.25, 0.3) is 0 Å². The second kappa shape index (κ2) is 7.68. The lowest BCUT2D eigenvalue weighted by Crippen LogP contribution is -2.25. The van der Waals surface area contributed by atoms with Gasteiger partial charge in [-0.25, -0.2) is 0 Å². The van der Waals surface area contributed by atoms with Gasteiger partial charge in [-0.3, -0.25) is 0 Å². The van der Waals surface area contributed by atoms with Gasteiger partial charge in [-0.05, 0) is 37.0 Å². The number of nitrogens with one attached hydrogen (secondary N) is 1. The van der Waals surface area contributed by atoms with Crippen molar-refractivity contribution < 1.29 is 0 Å². The van der Waals surface area contributed by atoms with Gasteiger partial charge in [-0.2, -0.15) is 0 Å². The molecular weight excluding hydrogens is 244 g/mol. The highest BCUT2D eigenvalue weighted by Gasteiger charge is 2.15. The average Bonchev–Trinajstić information content (AvgIpc) is 2.82. The van der Waals surface area contributed by atoms with Crippen LogP contribution in [0, 0.1) is 0 Å². The Bertz CT molecular complexity index is 414. The summed E-state index contributed by atoms with van der Waals surface area (Å²) >= 11 is 0. The van der Waals surface area contributed by atoms with Gasteiger partial charge in [0, 0.05) is 31.9 Å². The zero-order valence-corrected chi connectivity index (χ0v) is 13.4. The molecule has 0 aromatic heterocycles. The molecule has 1 aromatic rings. The molecule has 1 aliphatic heterocycles. The first-order valence-corrected chi connectivity index (χ1v) is 8.27. The molecule has 0 bridgehead atoms. The van der Waals surface area contributed by atoms with Crippen LogP contribution in [-0.2, 0) is 13.0 Å². The van der Waals surface area contributed by atoms with Crippen molar-refractivity contribution in [1.29, 1.82) is 0 Å². The summed E-state index contributed by atoms with van der Waals surface area (Å²) in [7, 11) is 2.18. The lowest BCUT2D eigenvalue weighted by molar-refractivity contribution is 0.482. The molecule has 1 atom stereocenters. The normalized spacial score (nSPS) is 15.4. The molecule has 1 N–H and O–H groups in total. The summed E-state index contributed by atoms with van der Waals surface area (Å²) in [5.41, 5.74) is 4.36. The monoisotopic (exact) mass is 274 g/mol. The van der Waals surface area contributed by atoms with Gasteiger partial charge in [0.15, 0.2) is 0 Å². The maximum atomic E-state index is 3.66. The van der Waals surface area contributed by atoms with Gasteiger partial charge < -0.3 is 10.2 Å². The number of hydrogen-bond donors (Lipinski definition) is 1. The van der Waals surface area contributed by atoms with E-state index in [2.05, 4.69) is 49.3 Å². The van der Waals surface area contributed by atoms with Crippen LogP contribution < -0.4 is 10.2 Å². The van der Waals surface area contributed by atoms with Crippen LogP contribution in [0.3, 0.4) is 0 Å². The van der Waals surface area contributed by atoms with E-state index in [1.165, 1.54) is 61.9 Å². The maximum Gasteiger partial charge on any atom is 0.0397 e. The lowest BCUT2D eigenvalue weighted by Gasteiger charge is -2.15. The van der Waals surface area contributed by atoms with Crippen molar-refractivity contribution in [3.05, 3.63) is 29.3 Å². The second-order valence-corrected chi connectivity index (χ2v) is 6.27. The van der Waals surface area contributed by atoms with Crippen LogP contribution in [0.15, 0.2) is 18.2 Å². The molecule has 0 aliphatic carbocycles. The predicted octanol–water partition coefficient (Wildman–Crippen LogP) is 4.13. The largest absolute Gasteiger partial charge is 0.374 e. The molecule has 2 rings (SSSR count). The second-order valence-electron chi connectivity index (χ2n) is 6.27. The smallest absolute Gasteiger partial charge is 0.0397 e. The van der Waals surface area contributed by atoms with Gasteiger partial charge in [0.25, 0.3) is 0 Å². The highest BCUT2D eigenvalue weighted by atomic mass is 15.1. The minimum atomic E-state index is 0.628. The summed E-state index contributed by atoms with van der Waals surface area (Å²) in [4.78, 5) is 2.35. The van der Waals surface area contributed by atoms with Gasteiger partial charge in [-0.15, -0.1) is 0 Å². The van der Waals surface area contributed by atoms with Crippen LogP contribution in [0.4, 0.5) is 5.69 Å². The molecule has 0 radical (unpaired) electrons. The molecule has 1 aromatic carbocycles.